The highest BCUT2D eigenvalue weighted by atomic mass is 16.1. The summed E-state index contributed by atoms with van der Waals surface area (Å²) in [4.78, 5) is 11.5. The van der Waals surface area contributed by atoms with Gasteiger partial charge in [0.1, 0.15) is 0 Å². The first-order chi connectivity index (χ1) is 9.09. The minimum absolute atomic E-state index is 0.118. The van der Waals surface area contributed by atoms with Crippen molar-refractivity contribution in [3.8, 4) is 0 Å². The molecule has 0 bridgehead atoms. The Balaban J connectivity index is 2.52. The molecule has 19 heavy (non-hydrogen) atoms. The SMILES string of the molecule is CC(=O)c1ccc2c(C)c3ccccc3c(C)c2c1. The van der Waals surface area contributed by atoms with Gasteiger partial charge in [-0.3, -0.25) is 4.79 Å². The van der Waals surface area contributed by atoms with Crippen molar-refractivity contribution < 1.29 is 4.79 Å². The number of hydrogen-bond acceptors (Lipinski definition) is 1. The van der Waals surface area contributed by atoms with E-state index in [9.17, 15) is 4.79 Å². The first-order valence-electron chi connectivity index (χ1n) is 6.52. The number of carbonyl (C=O) groups excluding carboxylic acids is 1. The highest BCUT2D eigenvalue weighted by Gasteiger charge is 2.09. The summed E-state index contributed by atoms with van der Waals surface area (Å²) in [5.41, 5.74) is 3.32. The Bertz CT molecular complexity index is 813. The number of fused-ring (bicyclic) bond motifs is 2. The van der Waals surface area contributed by atoms with Gasteiger partial charge in [0.25, 0.3) is 0 Å². The van der Waals surface area contributed by atoms with Gasteiger partial charge in [-0.25, -0.2) is 0 Å². The van der Waals surface area contributed by atoms with Crippen LogP contribution in [0, 0.1) is 13.8 Å². The molecule has 0 heterocycles. The number of benzene rings is 3. The van der Waals surface area contributed by atoms with Gasteiger partial charge in [0.2, 0.25) is 0 Å². The molecule has 3 aromatic carbocycles. The molecule has 3 rings (SSSR count). The first kappa shape index (κ1) is 11.9. The summed E-state index contributed by atoms with van der Waals surface area (Å²) in [5, 5.41) is 4.99. The van der Waals surface area contributed by atoms with Gasteiger partial charge in [-0.1, -0.05) is 36.4 Å². The molecular weight excluding hydrogens is 232 g/mol. The van der Waals surface area contributed by atoms with Crippen LogP contribution < -0.4 is 0 Å². The molecule has 0 atom stereocenters. The predicted molar refractivity (Wildman–Crippen MR) is 80.9 cm³/mol. The second-order valence-corrected chi connectivity index (χ2v) is 5.11. The van der Waals surface area contributed by atoms with E-state index in [4.69, 9.17) is 0 Å². The molecule has 0 fully saturated rings. The van der Waals surface area contributed by atoms with E-state index >= 15 is 0 Å². The fraction of sp³-hybridized carbons (Fsp3) is 0.167. The van der Waals surface area contributed by atoms with Gasteiger partial charge in [0.15, 0.2) is 5.78 Å². The van der Waals surface area contributed by atoms with E-state index in [1.165, 1.54) is 32.7 Å². The third-order valence-corrected chi connectivity index (χ3v) is 3.97. The van der Waals surface area contributed by atoms with Gasteiger partial charge in [-0.05, 0) is 59.5 Å². The molecule has 0 saturated carbocycles. The predicted octanol–water partition coefficient (Wildman–Crippen LogP) is 4.81. The molecule has 0 saturated heterocycles. The highest BCUT2D eigenvalue weighted by molar-refractivity contribution is 6.08. The standard InChI is InChI=1S/C18H16O/c1-11-15-6-4-5-7-16(15)12(2)18-10-14(13(3)19)8-9-17(11)18/h4-10H,1-3H3. The van der Waals surface area contributed by atoms with Crippen molar-refractivity contribution in [3.63, 3.8) is 0 Å². The van der Waals surface area contributed by atoms with Crippen molar-refractivity contribution in [2.24, 2.45) is 0 Å². The van der Waals surface area contributed by atoms with Crippen LogP contribution in [0.1, 0.15) is 28.4 Å². The van der Waals surface area contributed by atoms with Crippen LogP contribution in [0.4, 0.5) is 0 Å². The lowest BCUT2D eigenvalue weighted by Gasteiger charge is -2.12. The van der Waals surface area contributed by atoms with E-state index < -0.39 is 0 Å². The number of aryl methyl sites for hydroxylation is 2. The summed E-state index contributed by atoms with van der Waals surface area (Å²) in [5.74, 6) is 0.118. The summed E-state index contributed by atoms with van der Waals surface area (Å²) >= 11 is 0. The van der Waals surface area contributed by atoms with Gasteiger partial charge in [-0.2, -0.15) is 0 Å². The Hall–Kier alpha value is -2.15. The fourth-order valence-electron chi connectivity index (χ4n) is 2.83. The third-order valence-electron chi connectivity index (χ3n) is 3.97. The van der Waals surface area contributed by atoms with E-state index in [1.807, 2.05) is 12.1 Å². The lowest BCUT2D eigenvalue weighted by atomic mass is 9.92. The zero-order chi connectivity index (χ0) is 13.6. The van der Waals surface area contributed by atoms with E-state index in [0.717, 1.165) is 5.56 Å². The molecule has 1 nitrogen and oxygen atoms in total. The fourth-order valence-corrected chi connectivity index (χ4v) is 2.83. The Morgan fingerprint density at radius 2 is 1.32 bits per heavy atom. The van der Waals surface area contributed by atoms with Crippen LogP contribution in [-0.2, 0) is 0 Å². The van der Waals surface area contributed by atoms with Gasteiger partial charge in [-0.15, -0.1) is 0 Å². The maximum absolute atomic E-state index is 11.5. The lowest BCUT2D eigenvalue weighted by Crippen LogP contribution is -1.94. The van der Waals surface area contributed by atoms with Crippen molar-refractivity contribution in [1.29, 1.82) is 0 Å². The molecule has 1 heteroatoms. The number of rotatable bonds is 1. The van der Waals surface area contributed by atoms with Crippen LogP contribution in [0.5, 0.6) is 0 Å². The third kappa shape index (κ3) is 1.74. The Labute approximate surface area is 112 Å². The maximum atomic E-state index is 11.5. The molecule has 0 spiro atoms. The average molecular weight is 248 g/mol. The van der Waals surface area contributed by atoms with E-state index in [1.54, 1.807) is 6.92 Å². The van der Waals surface area contributed by atoms with E-state index in [-0.39, 0.29) is 5.78 Å². The summed E-state index contributed by atoms with van der Waals surface area (Å²) in [6, 6.07) is 14.5. The highest BCUT2D eigenvalue weighted by Crippen LogP contribution is 2.32. The van der Waals surface area contributed by atoms with Crippen molar-refractivity contribution in [3.05, 3.63) is 59.2 Å². The molecule has 3 aromatic rings. The zero-order valence-electron chi connectivity index (χ0n) is 11.4. The smallest absolute Gasteiger partial charge is 0.159 e. The summed E-state index contributed by atoms with van der Waals surface area (Å²) in [6.07, 6.45) is 0. The van der Waals surface area contributed by atoms with Crippen molar-refractivity contribution >= 4 is 27.3 Å². The van der Waals surface area contributed by atoms with E-state index in [2.05, 4.69) is 44.2 Å². The second-order valence-electron chi connectivity index (χ2n) is 5.11. The molecule has 0 aliphatic rings. The molecule has 94 valence electrons. The van der Waals surface area contributed by atoms with Crippen LogP contribution in [0.3, 0.4) is 0 Å². The number of ketones is 1. The summed E-state index contributed by atoms with van der Waals surface area (Å²) in [6.45, 7) is 5.90. The maximum Gasteiger partial charge on any atom is 0.159 e. The van der Waals surface area contributed by atoms with E-state index in [0.29, 0.717) is 0 Å². The first-order valence-corrected chi connectivity index (χ1v) is 6.52. The summed E-state index contributed by atoms with van der Waals surface area (Å²) in [7, 11) is 0. The second kappa shape index (κ2) is 4.20. The zero-order valence-corrected chi connectivity index (χ0v) is 11.4. The van der Waals surface area contributed by atoms with Gasteiger partial charge in [0, 0.05) is 5.56 Å². The molecule has 0 aromatic heterocycles. The number of carbonyl (C=O) groups is 1. The number of Topliss-reactive ketones (excluding diaryl/α,β-unsaturated/α-hetero) is 1. The molecule has 0 aliphatic carbocycles. The number of hydrogen-bond donors (Lipinski definition) is 0. The normalized spacial score (nSPS) is 11.1. The molecule has 0 unspecified atom stereocenters. The minimum atomic E-state index is 0.118. The molecule has 0 radical (unpaired) electrons. The lowest BCUT2D eigenvalue weighted by molar-refractivity contribution is 0.101. The quantitative estimate of drug-likeness (QED) is 0.446. The monoisotopic (exact) mass is 248 g/mol. The Morgan fingerprint density at radius 1 is 0.789 bits per heavy atom. The molecule has 0 N–H and O–H groups in total. The minimum Gasteiger partial charge on any atom is -0.295 e. The topological polar surface area (TPSA) is 17.1 Å². The molecule has 0 aliphatic heterocycles. The molecule has 0 amide bonds. The van der Waals surface area contributed by atoms with Crippen molar-refractivity contribution in [2.75, 3.05) is 0 Å². The van der Waals surface area contributed by atoms with Gasteiger partial charge < -0.3 is 0 Å². The van der Waals surface area contributed by atoms with Gasteiger partial charge in [0.05, 0.1) is 0 Å². The van der Waals surface area contributed by atoms with Crippen molar-refractivity contribution in [2.45, 2.75) is 20.8 Å². The largest absolute Gasteiger partial charge is 0.295 e. The average Bonchev–Trinajstić information content (AvgIpc) is 2.44. The van der Waals surface area contributed by atoms with Crippen LogP contribution in [0.2, 0.25) is 0 Å². The molecular formula is C18H16O. The van der Waals surface area contributed by atoms with Crippen LogP contribution in [0.15, 0.2) is 42.5 Å². The van der Waals surface area contributed by atoms with Crippen molar-refractivity contribution in [1.82, 2.24) is 0 Å². The Morgan fingerprint density at radius 3 is 1.89 bits per heavy atom. The van der Waals surface area contributed by atoms with Crippen LogP contribution in [0.25, 0.3) is 21.5 Å². The summed E-state index contributed by atoms with van der Waals surface area (Å²) < 4.78 is 0. The van der Waals surface area contributed by atoms with Crippen LogP contribution >= 0.6 is 0 Å². The van der Waals surface area contributed by atoms with Crippen LogP contribution in [-0.4, -0.2) is 5.78 Å². The van der Waals surface area contributed by atoms with Gasteiger partial charge >= 0.3 is 0 Å². The Kier molecular flexibility index (Phi) is 2.63.